The van der Waals surface area contributed by atoms with Crippen molar-refractivity contribution >= 4 is 28.7 Å². The van der Waals surface area contributed by atoms with Crippen LogP contribution in [0, 0.1) is 0 Å². The monoisotopic (exact) mass is 378 g/mol. The molecule has 0 atom stereocenters. The van der Waals surface area contributed by atoms with Gasteiger partial charge in [-0.25, -0.2) is 4.98 Å². The number of likely N-dealkylation sites (N-methyl/N-ethyl adjacent to an activating group) is 1. The predicted molar refractivity (Wildman–Crippen MR) is 112 cm³/mol. The minimum Gasteiger partial charge on any atom is -0.386 e. The summed E-state index contributed by atoms with van der Waals surface area (Å²) >= 11 is 0. The van der Waals surface area contributed by atoms with Gasteiger partial charge in [0, 0.05) is 43.1 Å². The second kappa shape index (κ2) is 7.48. The molecule has 0 bridgehead atoms. The summed E-state index contributed by atoms with van der Waals surface area (Å²) in [6.45, 7) is 3.80. The Hall–Kier alpha value is -3.12. The van der Waals surface area contributed by atoms with Crippen LogP contribution >= 0.6 is 0 Å². The first-order valence-corrected chi connectivity index (χ1v) is 9.11. The number of hydrogen-bond acceptors (Lipinski definition) is 4. The van der Waals surface area contributed by atoms with Gasteiger partial charge in [-0.15, -0.1) is 0 Å². The van der Waals surface area contributed by atoms with E-state index in [1.165, 1.54) is 6.08 Å². The molecule has 2 aromatic heterocycles. The summed E-state index contributed by atoms with van der Waals surface area (Å²) in [6.07, 6.45) is 4.77. The number of fused-ring (bicyclic) bond motifs is 1. The molecule has 0 unspecified atom stereocenters. The molecule has 146 valence electrons. The zero-order valence-corrected chi connectivity index (χ0v) is 16.7. The van der Waals surface area contributed by atoms with Gasteiger partial charge in [-0.3, -0.25) is 4.79 Å². The molecule has 0 fully saturated rings. The van der Waals surface area contributed by atoms with E-state index in [0.29, 0.717) is 17.7 Å². The van der Waals surface area contributed by atoms with E-state index in [2.05, 4.69) is 27.8 Å². The third-order valence-corrected chi connectivity index (χ3v) is 4.84. The molecule has 28 heavy (non-hydrogen) atoms. The Morgan fingerprint density at radius 3 is 2.71 bits per heavy atom. The average Bonchev–Trinajstić information content (AvgIpc) is 2.95. The van der Waals surface area contributed by atoms with Gasteiger partial charge in [-0.05, 0) is 49.1 Å². The maximum atomic E-state index is 12.5. The van der Waals surface area contributed by atoms with Crippen molar-refractivity contribution < 1.29 is 9.90 Å². The van der Waals surface area contributed by atoms with Crippen LogP contribution < -0.4 is 5.73 Å². The van der Waals surface area contributed by atoms with Crippen LogP contribution in [-0.2, 0) is 24.0 Å². The summed E-state index contributed by atoms with van der Waals surface area (Å²) in [5.41, 5.74) is 8.18. The largest absolute Gasteiger partial charge is 0.386 e. The number of carbonyl (C=O) groups is 1. The zero-order chi connectivity index (χ0) is 20.5. The Labute approximate surface area is 164 Å². The number of aromatic nitrogens is 2. The van der Waals surface area contributed by atoms with Gasteiger partial charge in [0.1, 0.15) is 5.82 Å². The quantitative estimate of drug-likeness (QED) is 0.668. The number of pyridine rings is 1. The molecule has 2 heterocycles. The van der Waals surface area contributed by atoms with Gasteiger partial charge in [-0.2, -0.15) is 0 Å². The number of aryl methyl sites for hydroxylation is 1. The van der Waals surface area contributed by atoms with Crippen molar-refractivity contribution in [1.29, 1.82) is 0 Å². The first-order chi connectivity index (χ1) is 13.2. The summed E-state index contributed by atoms with van der Waals surface area (Å²) in [4.78, 5) is 18.3. The lowest BCUT2D eigenvalue weighted by Gasteiger charge is -2.19. The molecule has 6 nitrogen and oxygen atoms in total. The Morgan fingerprint density at radius 2 is 2.04 bits per heavy atom. The standard InChI is InChI=1S/C22H26N4O2/c1-22(2,28)18-11-15(13-24-21(18)23)9-10-20(27)25(3)14-17-12-16-7-5-6-8-19(16)26(17)4/h5-13,28H,14H2,1-4H3,(H2,23,24). The fraction of sp³-hybridized carbons (Fsp3) is 0.273. The number of rotatable bonds is 5. The molecule has 6 heteroatoms. The Kier molecular flexibility index (Phi) is 5.25. The number of carbonyl (C=O) groups excluding carboxylic acids is 1. The molecular weight excluding hydrogens is 352 g/mol. The Morgan fingerprint density at radius 1 is 1.32 bits per heavy atom. The fourth-order valence-corrected chi connectivity index (χ4v) is 3.19. The smallest absolute Gasteiger partial charge is 0.246 e. The molecule has 0 saturated heterocycles. The van der Waals surface area contributed by atoms with Crippen LogP contribution in [0.4, 0.5) is 5.82 Å². The maximum Gasteiger partial charge on any atom is 0.246 e. The van der Waals surface area contributed by atoms with E-state index >= 15 is 0 Å². The van der Waals surface area contributed by atoms with E-state index in [1.54, 1.807) is 44.1 Å². The van der Waals surface area contributed by atoms with Crippen molar-refractivity contribution in [1.82, 2.24) is 14.5 Å². The van der Waals surface area contributed by atoms with Gasteiger partial charge in [0.2, 0.25) is 5.91 Å². The summed E-state index contributed by atoms with van der Waals surface area (Å²) in [6, 6.07) is 12.0. The molecule has 0 radical (unpaired) electrons. The molecule has 0 aliphatic carbocycles. The van der Waals surface area contributed by atoms with E-state index in [9.17, 15) is 9.90 Å². The highest BCUT2D eigenvalue weighted by Crippen LogP contribution is 2.25. The third-order valence-electron chi connectivity index (χ3n) is 4.84. The van der Waals surface area contributed by atoms with Crippen molar-refractivity contribution in [3.63, 3.8) is 0 Å². The summed E-state index contributed by atoms with van der Waals surface area (Å²) < 4.78 is 2.10. The molecule has 0 saturated carbocycles. The normalized spacial score (nSPS) is 12.0. The lowest BCUT2D eigenvalue weighted by atomic mass is 9.97. The predicted octanol–water partition coefficient (Wildman–Crippen LogP) is 3.05. The van der Waals surface area contributed by atoms with Gasteiger partial charge in [0.15, 0.2) is 0 Å². The van der Waals surface area contributed by atoms with Crippen LogP contribution in [0.25, 0.3) is 17.0 Å². The molecule has 0 spiro atoms. The van der Waals surface area contributed by atoms with Crippen molar-refractivity contribution in [2.24, 2.45) is 7.05 Å². The number of amides is 1. The summed E-state index contributed by atoms with van der Waals surface area (Å²) in [7, 11) is 3.78. The highest BCUT2D eigenvalue weighted by Gasteiger charge is 2.20. The summed E-state index contributed by atoms with van der Waals surface area (Å²) in [5.74, 6) is 0.163. The molecule has 3 rings (SSSR count). The first kappa shape index (κ1) is 19.6. The van der Waals surface area contributed by atoms with Crippen molar-refractivity contribution in [2.75, 3.05) is 12.8 Å². The number of nitrogens with zero attached hydrogens (tertiary/aromatic N) is 3. The molecule has 3 aromatic rings. The summed E-state index contributed by atoms with van der Waals surface area (Å²) in [5, 5.41) is 11.3. The molecular formula is C22H26N4O2. The zero-order valence-electron chi connectivity index (χ0n) is 16.7. The lowest BCUT2D eigenvalue weighted by molar-refractivity contribution is -0.125. The number of aliphatic hydroxyl groups is 1. The first-order valence-electron chi connectivity index (χ1n) is 9.11. The average molecular weight is 378 g/mol. The Bertz CT molecular complexity index is 1040. The fourth-order valence-electron chi connectivity index (χ4n) is 3.19. The molecule has 0 aliphatic heterocycles. The van der Waals surface area contributed by atoms with Crippen LogP contribution in [-0.4, -0.2) is 32.5 Å². The number of anilines is 1. The lowest BCUT2D eigenvalue weighted by Crippen LogP contribution is -2.25. The number of benzene rings is 1. The number of para-hydroxylation sites is 1. The van der Waals surface area contributed by atoms with Gasteiger partial charge in [-0.1, -0.05) is 18.2 Å². The van der Waals surface area contributed by atoms with E-state index < -0.39 is 5.60 Å². The second-order valence-corrected chi connectivity index (χ2v) is 7.54. The number of nitrogens with two attached hydrogens (primary N) is 1. The van der Waals surface area contributed by atoms with Gasteiger partial charge in [0.05, 0.1) is 12.1 Å². The molecule has 1 aromatic carbocycles. The Balaban J connectivity index is 1.74. The highest BCUT2D eigenvalue weighted by molar-refractivity contribution is 5.91. The third kappa shape index (κ3) is 4.07. The van der Waals surface area contributed by atoms with E-state index in [1.807, 2.05) is 19.2 Å². The van der Waals surface area contributed by atoms with E-state index in [4.69, 9.17) is 5.73 Å². The van der Waals surface area contributed by atoms with Crippen LogP contribution in [0.1, 0.15) is 30.7 Å². The highest BCUT2D eigenvalue weighted by atomic mass is 16.3. The van der Waals surface area contributed by atoms with E-state index in [0.717, 1.165) is 16.6 Å². The maximum absolute atomic E-state index is 12.5. The topological polar surface area (TPSA) is 84.4 Å². The van der Waals surface area contributed by atoms with Crippen molar-refractivity contribution in [3.05, 3.63) is 65.5 Å². The van der Waals surface area contributed by atoms with Crippen LogP contribution in [0.15, 0.2) is 48.7 Å². The van der Waals surface area contributed by atoms with Crippen LogP contribution in [0.2, 0.25) is 0 Å². The molecule has 1 amide bonds. The second-order valence-electron chi connectivity index (χ2n) is 7.54. The van der Waals surface area contributed by atoms with Gasteiger partial charge >= 0.3 is 0 Å². The number of hydrogen-bond donors (Lipinski definition) is 2. The minimum atomic E-state index is -1.10. The van der Waals surface area contributed by atoms with Crippen LogP contribution in [0.3, 0.4) is 0 Å². The number of nitrogen functional groups attached to an aromatic ring is 1. The van der Waals surface area contributed by atoms with E-state index in [-0.39, 0.29) is 11.7 Å². The minimum absolute atomic E-state index is 0.119. The SMILES string of the molecule is CN(Cc1cc2ccccc2n1C)C(=O)C=Cc1cnc(N)c(C(C)(C)O)c1. The van der Waals surface area contributed by atoms with Crippen LogP contribution in [0.5, 0.6) is 0 Å². The molecule has 3 N–H and O–H groups in total. The van der Waals surface area contributed by atoms with Crippen molar-refractivity contribution in [3.8, 4) is 0 Å². The molecule has 0 aliphatic rings. The van der Waals surface area contributed by atoms with Crippen molar-refractivity contribution in [2.45, 2.75) is 26.0 Å². The van der Waals surface area contributed by atoms with Gasteiger partial charge in [0.25, 0.3) is 0 Å². The van der Waals surface area contributed by atoms with Gasteiger partial charge < -0.3 is 20.3 Å².